The van der Waals surface area contributed by atoms with E-state index < -0.39 is 0 Å². The number of rotatable bonds is 3. The van der Waals surface area contributed by atoms with Crippen LogP contribution in [-0.2, 0) is 5.41 Å². The topological polar surface area (TPSA) is 6.25 Å². The maximum absolute atomic E-state index is 6.42. The van der Waals surface area contributed by atoms with Crippen molar-refractivity contribution in [1.82, 2.24) is 0 Å². The van der Waals surface area contributed by atoms with E-state index in [-0.39, 0.29) is 29.4 Å². The second kappa shape index (κ2) is 9.66. The Morgan fingerprint density at radius 3 is 2.26 bits per heavy atom. The number of allylic oxidation sites excluding steroid dienone is 1. The van der Waals surface area contributed by atoms with E-state index in [0.717, 1.165) is 5.02 Å². The van der Waals surface area contributed by atoms with Crippen molar-refractivity contribution >= 4 is 34.8 Å². The van der Waals surface area contributed by atoms with E-state index in [9.17, 15) is 0 Å². The van der Waals surface area contributed by atoms with Gasteiger partial charge in [-0.15, -0.1) is 0 Å². The van der Waals surface area contributed by atoms with Gasteiger partial charge in [0.1, 0.15) is 7.05 Å². The lowest BCUT2D eigenvalue weighted by Gasteiger charge is -2.31. The van der Waals surface area contributed by atoms with Gasteiger partial charge in [-0.2, -0.15) is 4.58 Å². The summed E-state index contributed by atoms with van der Waals surface area (Å²) in [6.45, 7) is 2.39. The lowest BCUT2D eigenvalue weighted by molar-refractivity contribution is -0.401. The molecular weight excluding hydrogens is 515 g/mol. The van der Waals surface area contributed by atoms with E-state index in [2.05, 4.69) is 65.1 Å². The lowest BCUT2D eigenvalue weighted by Crippen LogP contribution is -3.00. The van der Waals surface area contributed by atoms with Crippen molar-refractivity contribution in [2.75, 3.05) is 25.0 Å². The molecule has 31 heavy (non-hydrogen) atoms. The highest BCUT2D eigenvalue weighted by Gasteiger charge is 2.50. The van der Waals surface area contributed by atoms with Crippen LogP contribution >= 0.6 is 11.6 Å². The molecule has 164 valence electrons. The average molecular weight is 547 g/mol. The van der Waals surface area contributed by atoms with E-state index in [1.807, 2.05) is 6.07 Å². The molecule has 0 bridgehead atoms. The lowest BCUT2D eigenvalue weighted by atomic mass is 9.67. The summed E-state index contributed by atoms with van der Waals surface area (Å²) in [5.41, 5.74) is 6.94. The Kier molecular flexibility index (Phi) is 7.12. The predicted molar refractivity (Wildman–Crippen MR) is 129 cm³/mol. The van der Waals surface area contributed by atoms with E-state index in [4.69, 9.17) is 11.6 Å². The highest BCUT2D eigenvalue weighted by atomic mass is 127. The number of hydrogen-bond acceptors (Lipinski definition) is 1. The summed E-state index contributed by atoms with van der Waals surface area (Å²) in [7, 11) is 2.22. The molecule has 3 aliphatic rings. The first-order valence-electron chi connectivity index (χ1n) is 11.6. The summed E-state index contributed by atoms with van der Waals surface area (Å²) in [5, 5.41) is 0.852. The van der Waals surface area contributed by atoms with Crippen molar-refractivity contribution < 1.29 is 28.6 Å². The number of nitrogens with zero attached hydrogens (tertiary/aromatic N) is 2. The molecule has 2 aromatic carbocycles. The minimum Gasteiger partial charge on any atom is -1.00 e. The molecule has 5 rings (SSSR count). The van der Waals surface area contributed by atoms with Gasteiger partial charge in [0.15, 0.2) is 5.71 Å². The van der Waals surface area contributed by atoms with E-state index in [1.54, 1.807) is 0 Å². The van der Waals surface area contributed by atoms with Gasteiger partial charge in [-0.25, -0.2) is 0 Å². The Labute approximate surface area is 209 Å². The zero-order chi connectivity index (χ0) is 20.6. The number of fused-ring (bicyclic) bond motifs is 2. The quantitative estimate of drug-likeness (QED) is 0.417. The molecule has 0 radical (unpaired) electrons. The van der Waals surface area contributed by atoms with Gasteiger partial charge >= 0.3 is 0 Å². The third-order valence-electron chi connectivity index (χ3n) is 7.44. The molecular formula is C27H32ClIN2. The molecule has 1 spiro atoms. The fourth-order valence-electron chi connectivity index (χ4n) is 5.85. The first kappa shape index (κ1) is 22.8. The number of halogens is 2. The summed E-state index contributed by atoms with van der Waals surface area (Å²) in [4.78, 5) is 2.52. The highest BCUT2D eigenvalue weighted by Crippen LogP contribution is 2.49. The maximum atomic E-state index is 6.42. The van der Waals surface area contributed by atoms with Gasteiger partial charge in [-0.1, -0.05) is 43.0 Å². The van der Waals surface area contributed by atoms with Gasteiger partial charge in [0, 0.05) is 41.5 Å². The van der Waals surface area contributed by atoms with Crippen LogP contribution < -0.4 is 28.9 Å². The molecule has 4 heteroatoms. The molecule has 0 N–H and O–H groups in total. The fourth-order valence-corrected chi connectivity index (χ4v) is 6.02. The van der Waals surface area contributed by atoms with Crippen molar-refractivity contribution in [1.29, 1.82) is 0 Å². The standard InChI is InChI=1S/C27H32ClN2.HI/c1-29-25-14-11-22(28)20-24(25)27(16-4-2-5-17-27)26(29)15-10-21-8-12-23(13-9-21)30-18-6-3-7-19-30;/h8-15,20H,2-7,16-19H2,1H3;1H/q+1;/p-1. The van der Waals surface area contributed by atoms with Crippen molar-refractivity contribution in [2.24, 2.45) is 0 Å². The zero-order valence-corrected chi connectivity index (χ0v) is 21.3. The van der Waals surface area contributed by atoms with E-state index in [0.29, 0.717) is 0 Å². The smallest absolute Gasteiger partial charge is 0.209 e. The van der Waals surface area contributed by atoms with Gasteiger partial charge < -0.3 is 28.9 Å². The largest absolute Gasteiger partial charge is 1.00 e. The van der Waals surface area contributed by atoms with Crippen LogP contribution in [0.2, 0.25) is 5.02 Å². The van der Waals surface area contributed by atoms with Gasteiger partial charge in [0.25, 0.3) is 0 Å². The molecule has 2 aromatic rings. The molecule has 0 amide bonds. The third kappa shape index (κ3) is 4.32. The summed E-state index contributed by atoms with van der Waals surface area (Å²) in [6.07, 6.45) is 15.1. The van der Waals surface area contributed by atoms with Gasteiger partial charge in [-0.3, -0.25) is 0 Å². The molecule has 1 saturated heterocycles. The fraction of sp³-hybridized carbons (Fsp3) is 0.444. The second-order valence-corrected chi connectivity index (χ2v) is 9.66. The molecule has 0 atom stereocenters. The molecule has 2 nitrogen and oxygen atoms in total. The first-order chi connectivity index (χ1) is 14.7. The Morgan fingerprint density at radius 1 is 0.871 bits per heavy atom. The van der Waals surface area contributed by atoms with E-state index in [1.165, 1.54) is 92.7 Å². The number of piperidine rings is 1. The van der Waals surface area contributed by atoms with Crippen molar-refractivity contribution in [3.8, 4) is 0 Å². The third-order valence-corrected chi connectivity index (χ3v) is 7.68. The molecule has 0 aromatic heterocycles. The Hall–Kier alpha value is -1.33. The Balaban J connectivity index is 0.00000231. The van der Waals surface area contributed by atoms with Gasteiger partial charge in [0.05, 0.1) is 5.41 Å². The monoisotopic (exact) mass is 546 g/mol. The van der Waals surface area contributed by atoms with Crippen LogP contribution in [0.4, 0.5) is 11.4 Å². The van der Waals surface area contributed by atoms with Crippen molar-refractivity contribution in [2.45, 2.75) is 56.8 Å². The molecule has 1 aliphatic carbocycles. The SMILES string of the molecule is C[N+]1=C(/C=C/c2ccc(N3CCCCC3)cc2)C2(CCCCC2)c2cc(Cl)ccc21.[I-]. The first-order valence-corrected chi connectivity index (χ1v) is 12.0. The summed E-state index contributed by atoms with van der Waals surface area (Å²) in [5.74, 6) is 0. The second-order valence-electron chi connectivity index (χ2n) is 9.22. The van der Waals surface area contributed by atoms with Gasteiger partial charge in [-0.05, 0) is 68.0 Å². The van der Waals surface area contributed by atoms with Crippen LogP contribution in [-0.4, -0.2) is 30.4 Å². The average Bonchev–Trinajstić information content (AvgIpc) is 3.00. The molecule has 0 unspecified atom stereocenters. The Morgan fingerprint density at radius 2 is 1.55 bits per heavy atom. The van der Waals surface area contributed by atoms with Crippen molar-refractivity contribution in [3.05, 3.63) is 64.7 Å². The minimum atomic E-state index is 0. The predicted octanol–water partition coefficient (Wildman–Crippen LogP) is 3.98. The van der Waals surface area contributed by atoms with Crippen LogP contribution in [0, 0.1) is 0 Å². The van der Waals surface area contributed by atoms with Crippen LogP contribution in [0.3, 0.4) is 0 Å². The summed E-state index contributed by atoms with van der Waals surface area (Å²) < 4.78 is 2.40. The maximum Gasteiger partial charge on any atom is 0.209 e. The van der Waals surface area contributed by atoms with Crippen LogP contribution in [0.15, 0.2) is 48.5 Å². The van der Waals surface area contributed by atoms with E-state index >= 15 is 0 Å². The molecule has 2 aliphatic heterocycles. The normalized spacial score (nSPS) is 20.3. The van der Waals surface area contributed by atoms with Crippen LogP contribution in [0.5, 0.6) is 0 Å². The highest BCUT2D eigenvalue weighted by molar-refractivity contribution is 6.30. The molecule has 2 fully saturated rings. The van der Waals surface area contributed by atoms with Crippen LogP contribution in [0.25, 0.3) is 6.08 Å². The summed E-state index contributed by atoms with van der Waals surface area (Å²) in [6, 6.07) is 15.6. The minimum absolute atomic E-state index is 0. The molecule has 1 saturated carbocycles. The van der Waals surface area contributed by atoms with Gasteiger partial charge in [0.2, 0.25) is 5.69 Å². The Bertz CT molecular complexity index is 981. The number of anilines is 1. The van der Waals surface area contributed by atoms with Crippen LogP contribution in [0.1, 0.15) is 62.5 Å². The van der Waals surface area contributed by atoms with Crippen molar-refractivity contribution in [3.63, 3.8) is 0 Å². The summed E-state index contributed by atoms with van der Waals surface area (Å²) >= 11 is 6.42. The number of hydrogen-bond donors (Lipinski definition) is 0. The zero-order valence-electron chi connectivity index (χ0n) is 18.4. The number of benzene rings is 2. The molecule has 2 heterocycles.